The lowest BCUT2D eigenvalue weighted by molar-refractivity contribution is -0.143. The van der Waals surface area contributed by atoms with Crippen LogP contribution < -0.4 is 5.32 Å². The zero-order valence-electron chi connectivity index (χ0n) is 12.1. The quantitative estimate of drug-likeness (QED) is 0.807. The number of carbonyl (C=O) groups is 2. The number of nitrogens with one attached hydrogen (secondary N) is 1. The minimum absolute atomic E-state index is 0.00422. The molecule has 5 heteroatoms. The standard InChI is InChI=1S/C14H24N2O3/c1-8(12(17)15-14(2,3)4)16-9-5-6-11(16)10(7-9)13(18)19/h8-11H,5-7H2,1-4H3,(H,15,17)(H,18,19). The molecule has 2 rings (SSSR count). The topological polar surface area (TPSA) is 69.6 Å². The first-order chi connectivity index (χ1) is 8.70. The molecule has 2 bridgehead atoms. The fourth-order valence-corrected chi connectivity index (χ4v) is 3.51. The number of amides is 1. The largest absolute Gasteiger partial charge is 0.481 e. The Labute approximate surface area is 114 Å². The zero-order valence-corrected chi connectivity index (χ0v) is 12.1. The number of fused-ring (bicyclic) bond motifs is 2. The number of carboxylic acids is 1. The smallest absolute Gasteiger partial charge is 0.308 e. The van der Waals surface area contributed by atoms with Gasteiger partial charge in [0, 0.05) is 17.6 Å². The van der Waals surface area contributed by atoms with E-state index in [1.807, 2.05) is 27.7 Å². The van der Waals surface area contributed by atoms with Crippen LogP contribution in [0.1, 0.15) is 47.0 Å². The van der Waals surface area contributed by atoms with E-state index in [2.05, 4.69) is 10.2 Å². The number of nitrogens with zero attached hydrogens (tertiary/aromatic N) is 1. The van der Waals surface area contributed by atoms with E-state index < -0.39 is 5.97 Å². The van der Waals surface area contributed by atoms with Gasteiger partial charge in [0.1, 0.15) is 0 Å². The van der Waals surface area contributed by atoms with Crippen molar-refractivity contribution in [3.05, 3.63) is 0 Å². The number of hydrogen-bond donors (Lipinski definition) is 2. The van der Waals surface area contributed by atoms with E-state index >= 15 is 0 Å². The summed E-state index contributed by atoms with van der Waals surface area (Å²) in [4.78, 5) is 25.6. The minimum atomic E-state index is -0.722. The van der Waals surface area contributed by atoms with Crippen molar-refractivity contribution >= 4 is 11.9 Å². The van der Waals surface area contributed by atoms with E-state index in [9.17, 15) is 14.7 Å². The van der Waals surface area contributed by atoms with Crippen LogP contribution in [0.2, 0.25) is 0 Å². The predicted molar refractivity (Wildman–Crippen MR) is 71.7 cm³/mol. The average Bonchev–Trinajstić information content (AvgIpc) is 2.82. The SMILES string of the molecule is CC(C(=O)NC(C)(C)C)N1C2CCC1C(C(=O)O)C2. The van der Waals surface area contributed by atoms with Crippen LogP contribution in [0.5, 0.6) is 0 Å². The third-order valence-corrected chi connectivity index (χ3v) is 4.23. The van der Waals surface area contributed by atoms with Crippen molar-refractivity contribution in [2.45, 2.75) is 70.6 Å². The fraction of sp³-hybridized carbons (Fsp3) is 0.857. The maximum atomic E-state index is 12.2. The number of carbonyl (C=O) groups excluding carboxylic acids is 1. The van der Waals surface area contributed by atoms with Crippen molar-refractivity contribution in [2.75, 3.05) is 0 Å². The van der Waals surface area contributed by atoms with E-state index in [0.717, 1.165) is 12.8 Å². The van der Waals surface area contributed by atoms with Gasteiger partial charge in [-0.15, -0.1) is 0 Å². The predicted octanol–water partition coefficient (Wildman–Crippen LogP) is 1.23. The van der Waals surface area contributed by atoms with Gasteiger partial charge in [0.25, 0.3) is 0 Å². The number of aliphatic carboxylic acids is 1. The van der Waals surface area contributed by atoms with Crippen molar-refractivity contribution in [2.24, 2.45) is 5.92 Å². The molecule has 2 N–H and O–H groups in total. The summed E-state index contributed by atoms with van der Waals surface area (Å²) in [5.74, 6) is -1.03. The van der Waals surface area contributed by atoms with Crippen LogP contribution in [0.15, 0.2) is 0 Å². The molecule has 0 aromatic heterocycles. The van der Waals surface area contributed by atoms with E-state index in [0.29, 0.717) is 6.42 Å². The summed E-state index contributed by atoms with van der Waals surface area (Å²) >= 11 is 0. The van der Waals surface area contributed by atoms with E-state index in [1.165, 1.54) is 0 Å². The summed E-state index contributed by atoms with van der Waals surface area (Å²) in [5.41, 5.74) is -0.254. The Morgan fingerprint density at radius 1 is 1.32 bits per heavy atom. The Morgan fingerprint density at radius 2 is 1.95 bits per heavy atom. The zero-order chi connectivity index (χ0) is 14.4. The van der Waals surface area contributed by atoms with Gasteiger partial charge >= 0.3 is 5.97 Å². The first kappa shape index (κ1) is 14.3. The molecule has 5 nitrogen and oxygen atoms in total. The number of carboxylic acid groups (broad SMARTS) is 1. The van der Waals surface area contributed by atoms with E-state index in [1.54, 1.807) is 0 Å². The first-order valence-corrected chi connectivity index (χ1v) is 7.03. The van der Waals surface area contributed by atoms with Gasteiger partial charge in [-0.25, -0.2) is 0 Å². The molecule has 19 heavy (non-hydrogen) atoms. The normalized spacial score (nSPS) is 32.3. The van der Waals surface area contributed by atoms with Crippen molar-refractivity contribution in [1.82, 2.24) is 10.2 Å². The van der Waals surface area contributed by atoms with Crippen molar-refractivity contribution in [3.63, 3.8) is 0 Å². The fourth-order valence-electron chi connectivity index (χ4n) is 3.51. The molecule has 2 heterocycles. The van der Waals surface area contributed by atoms with Gasteiger partial charge < -0.3 is 10.4 Å². The van der Waals surface area contributed by atoms with Gasteiger partial charge in [0.15, 0.2) is 0 Å². The third kappa shape index (κ3) is 2.76. The molecule has 2 fully saturated rings. The van der Waals surface area contributed by atoms with Gasteiger partial charge in [0.05, 0.1) is 12.0 Å². The molecule has 4 unspecified atom stereocenters. The maximum absolute atomic E-state index is 12.2. The van der Waals surface area contributed by atoms with Crippen LogP contribution >= 0.6 is 0 Å². The highest BCUT2D eigenvalue weighted by Gasteiger charge is 2.52. The Hall–Kier alpha value is -1.10. The summed E-state index contributed by atoms with van der Waals surface area (Å²) < 4.78 is 0. The lowest BCUT2D eigenvalue weighted by atomic mass is 9.89. The summed E-state index contributed by atoms with van der Waals surface area (Å²) in [6.45, 7) is 7.75. The monoisotopic (exact) mass is 268 g/mol. The Kier molecular flexibility index (Phi) is 3.60. The third-order valence-electron chi connectivity index (χ3n) is 4.23. The Morgan fingerprint density at radius 3 is 2.42 bits per heavy atom. The van der Waals surface area contributed by atoms with Gasteiger partial charge in [-0.1, -0.05) is 0 Å². The molecule has 2 saturated heterocycles. The summed E-state index contributed by atoms with van der Waals surface area (Å²) in [6, 6.07) is 0.0381. The van der Waals surface area contributed by atoms with Gasteiger partial charge in [-0.2, -0.15) is 0 Å². The number of hydrogen-bond acceptors (Lipinski definition) is 3. The van der Waals surface area contributed by atoms with Crippen LogP contribution in [0, 0.1) is 5.92 Å². The van der Waals surface area contributed by atoms with Gasteiger partial charge in [0.2, 0.25) is 5.91 Å². The second kappa shape index (κ2) is 4.78. The molecule has 0 radical (unpaired) electrons. The molecule has 0 aromatic carbocycles. The average molecular weight is 268 g/mol. The highest BCUT2D eigenvalue weighted by molar-refractivity contribution is 5.82. The van der Waals surface area contributed by atoms with Crippen molar-refractivity contribution in [1.29, 1.82) is 0 Å². The molecule has 108 valence electrons. The van der Waals surface area contributed by atoms with E-state index in [-0.39, 0.29) is 35.5 Å². The Balaban J connectivity index is 2.06. The van der Waals surface area contributed by atoms with E-state index in [4.69, 9.17) is 0 Å². The highest BCUT2D eigenvalue weighted by atomic mass is 16.4. The molecule has 0 aliphatic carbocycles. The van der Waals surface area contributed by atoms with Crippen molar-refractivity contribution in [3.8, 4) is 0 Å². The lowest BCUT2D eigenvalue weighted by Gasteiger charge is -2.31. The molecule has 1 amide bonds. The second-order valence-electron chi connectivity index (χ2n) is 6.84. The molecule has 0 spiro atoms. The molecule has 0 aromatic rings. The van der Waals surface area contributed by atoms with Crippen LogP contribution in [0.4, 0.5) is 0 Å². The Bertz CT molecular complexity index is 389. The lowest BCUT2D eigenvalue weighted by Crippen LogP contribution is -2.52. The van der Waals surface area contributed by atoms with Crippen LogP contribution in [0.3, 0.4) is 0 Å². The molecule has 4 atom stereocenters. The van der Waals surface area contributed by atoms with Gasteiger partial charge in [-0.3, -0.25) is 14.5 Å². The van der Waals surface area contributed by atoms with Gasteiger partial charge in [-0.05, 0) is 47.0 Å². The minimum Gasteiger partial charge on any atom is -0.481 e. The summed E-state index contributed by atoms with van der Waals surface area (Å²) in [7, 11) is 0. The van der Waals surface area contributed by atoms with Crippen LogP contribution in [-0.2, 0) is 9.59 Å². The number of rotatable bonds is 3. The van der Waals surface area contributed by atoms with Crippen LogP contribution in [-0.4, -0.2) is 45.5 Å². The molecule has 2 aliphatic rings. The summed E-state index contributed by atoms with van der Waals surface area (Å²) in [6.07, 6.45) is 2.60. The molecular weight excluding hydrogens is 244 g/mol. The summed E-state index contributed by atoms with van der Waals surface area (Å²) in [5, 5.41) is 12.2. The van der Waals surface area contributed by atoms with Crippen LogP contribution in [0.25, 0.3) is 0 Å². The molecule has 0 saturated carbocycles. The maximum Gasteiger partial charge on any atom is 0.308 e. The molecule has 2 aliphatic heterocycles. The van der Waals surface area contributed by atoms with Crippen molar-refractivity contribution < 1.29 is 14.7 Å². The highest BCUT2D eigenvalue weighted by Crippen LogP contribution is 2.43. The first-order valence-electron chi connectivity index (χ1n) is 7.03. The second-order valence-corrected chi connectivity index (χ2v) is 6.84. The molecular formula is C14H24N2O3.